The molecule has 1 aromatic heterocycles. The number of hydrogen-bond donors (Lipinski definition) is 1. The Hall–Kier alpha value is -1.01. The van der Waals surface area contributed by atoms with Crippen LogP contribution >= 0.6 is 0 Å². The first-order valence-corrected chi connectivity index (χ1v) is 5.86. The third-order valence-electron chi connectivity index (χ3n) is 2.20. The van der Waals surface area contributed by atoms with Crippen LogP contribution in [0.25, 0.3) is 0 Å². The molecule has 0 fully saturated rings. The number of nitrogens with zero attached hydrogens (tertiary/aromatic N) is 1. The van der Waals surface area contributed by atoms with Crippen molar-refractivity contribution >= 4 is 0 Å². The summed E-state index contributed by atoms with van der Waals surface area (Å²) >= 11 is 0. The molecule has 1 rings (SSSR count). The van der Waals surface area contributed by atoms with E-state index in [1.165, 1.54) is 0 Å². The second-order valence-electron chi connectivity index (χ2n) is 4.65. The van der Waals surface area contributed by atoms with E-state index in [1.807, 2.05) is 6.07 Å². The quantitative estimate of drug-likeness (QED) is 0.819. The van der Waals surface area contributed by atoms with E-state index in [-0.39, 0.29) is 6.73 Å². The van der Waals surface area contributed by atoms with E-state index in [1.54, 1.807) is 17.0 Å². The van der Waals surface area contributed by atoms with Gasteiger partial charge in [0.1, 0.15) is 13.3 Å². The first kappa shape index (κ1) is 15.0. The molecule has 0 aromatic carbocycles. The molecule has 0 aliphatic heterocycles. The molecule has 1 N–H and O–H groups in total. The van der Waals surface area contributed by atoms with E-state index in [0.717, 1.165) is 12.1 Å². The number of hydrogen-bond acceptors (Lipinski definition) is 2. The van der Waals surface area contributed by atoms with Crippen molar-refractivity contribution in [3.8, 4) is 0 Å². The molecule has 18 heavy (non-hydrogen) atoms. The van der Waals surface area contributed by atoms with Crippen LogP contribution in [-0.2, 0) is 18.0 Å². The lowest BCUT2D eigenvalue weighted by Crippen LogP contribution is -2.19. The van der Waals surface area contributed by atoms with Gasteiger partial charge in [-0.1, -0.05) is 13.8 Å². The van der Waals surface area contributed by atoms with E-state index < -0.39 is 12.8 Å². The van der Waals surface area contributed by atoms with Crippen molar-refractivity contribution in [1.29, 1.82) is 0 Å². The molecule has 1 aromatic rings. The fourth-order valence-corrected chi connectivity index (χ4v) is 1.45. The molecule has 0 saturated carbocycles. The molecule has 0 spiro atoms. The minimum Gasteiger partial charge on any atom is -0.351 e. The van der Waals surface area contributed by atoms with E-state index in [4.69, 9.17) is 0 Å². The number of ether oxygens (including phenoxy) is 1. The maximum atomic E-state index is 11.9. The van der Waals surface area contributed by atoms with Crippen LogP contribution in [-0.4, -0.2) is 23.9 Å². The third-order valence-corrected chi connectivity index (χ3v) is 2.20. The summed E-state index contributed by atoms with van der Waals surface area (Å²) in [6.45, 7) is 4.56. The topological polar surface area (TPSA) is 26.2 Å². The largest absolute Gasteiger partial charge is 0.411 e. The highest BCUT2D eigenvalue weighted by molar-refractivity contribution is 5.09. The zero-order valence-corrected chi connectivity index (χ0v) is 10.6. The van der Waals surface area contributed by atoms with Crippen LogP contribution in [0.15, 0.2) is 18.5 Å². The summed E-state index contributed by atoms with van der Waals surface area (Å²) in [6.07, 6.45) is -0.777. The molecule has 0 bridgehead atoms. The normalized spacial score (nSPS) is 12.3. The van der Waals surface area contributed by atoms with E-state index in [9.17, 15) is 13.2 Å². The Morgan fingerprint density at radius 1 is 1.39 bits per heavy atom. The second kappa shape index (κ2) is 6.80. The number of alkyl halides is 3. The van der Waals surface area contributed by atoms with Crippen molar-refractivity contribution in [2.24, 2.45) is 5.92 Å². The summed E-state index contributed by atoms with van der Waals surface area (Å²) in [7, 11) is 0. The molecule has 6 heteroatoms. The lowest BCUT2D eigenvalue weighted by molar-refractivity contribution is -0.181. The fraction of sp³-hybridized carbons (Fsp3) is 0.667. The summed E-state index contributed by atoms with van der Waals surface area (Å²) in [5, 5.41) is 3.26. The first-order valence-electron chi connectivity index (χ1n) is 5.86. The molecule has 0 amide bonds. The standard InChI is InChI=1S/C12H19F3N2O/c1-10(2)5-16-6-11-3-4-17(7-11)9-18-8-12(13,14)15/h3-4,7,10,16H,5-6,8-9H2,1-2H3. The molecule has 0 unspecified atom stereocenters. The number of nitrogens with one attached hydrogen (secondary N) is 1. The summed E-state index contributed by atoms with van der Waals surface area (Å²) in [5.74, 6) is 0.571. The van der Waals surface area contributed by atoms with Gasteiger partial charge in [0.25, 0.3) is 0 Å². The third kappa shape index (κ3) is 6.66. The van der Waals surface area contributed by atoms with Gasteiger partial charge in [-0.3, -0.25) is 0 Å². The lowest BCUT2D eigenvalue weighted by Gasteiger charge is -2.08. The van der Waals surface area contributed by atoms with Gasteiger partial charge in [-0.15, -0.1) is 0 Å². The van der Waals surface area contributed by atoms with Crippen LogP contribution < -0.4 is 5.32 Å². The molecule has 0 aliphatic carbocycles. The number of halogens is 3. The highest BCUT2D eigenvalue weighted by atomic mass is 19.4. The molecule has 1 heterocycles. The summed E-state index contributed by atoms with van der Waals surface area (Å²) in [6, 6.07) is 1.87. The minimum atomic E-state index is -4.27. The van der Waals surface area contributed by atoms with E-state index >= 15 is 0 Å². The van der Waals surface area contributed by atoms with Crippen LogP contribution in [0.3, 0.4) is 0 Å². The number of rotatable bonds is 7. The zero-order valence-electron chi connectivity index (χ0n) is 10.6. The van der Waals surface area contributed by atoms with E-state index in [2.05, 4.69) is 23.9 Å². The Balaban J connectivity index is 2.26. The predicted molar refractivity (Wildman–Crippen MR) is 63.0 cm³/mol. The van der Waals surface area contributed by atoms with Crippen molar-refractivity contribution in [1.82, 2.24) is 9.88 Å². The van der Waals surface area contributed by atoms with Gasteiger partial charge in [0.15, 0.2) is 0 Å². The van der Waals surface area contributed by atoms with Gasteiger partial charge < -0.3 is 14.6 Å². The molecule has 0 radical (unpaired) electrons. The average Bonchev–Trinajstić information content (AvgIpc) is 2.63. The van der Waals surface area contributed by atoms with Crippen LogP contribution in [0, 0.1) is 5.92 Å². The van der Waals surface area contributed by atoms with Gasteiger partial charge >= 0.3 is 6.18 Å². The smallest absolute Gasteiger partial charge is 0.351 e. The van der Waals surface area contributed by atoms with Gasteiger partial charge in [-0.25, -0.2) is 0 Å². The summed E-state index contributed by atoms with van der Waals surface area (Å²) in [5.41, 5.74) is 1.03. The van der Waals surface area contributed by atoms with E-state index in [0.29, 0.717) is 12.5 Å². The van der Waals surface area contributed by atoms with Crippen molar-refractivity contribution < 1.29 is 17.9 Å². The number of aromatic nitrogens is 1. The van der Waals surface area contributed by atoms with Gasteiger partial charge in [0.05, 0.1) is 0 Å². The van der Waals surface area contributed by atoms with Crippen molar-refractivity contribution in [2.45, 2.75) is 33.3 Å². The SMILES string of the molecule is CC(C)CNCc1ccn(COCC(F)(F)F)c1. The fourth-order valence-electron chi connectivity index (χ4n) is 1.45. The first-order chi connectivity index (χ1) is 8.37. The summed E-state index contributed by atoms with van der Waals surface area (Å²) in [4.78, 5) is 0. The van der Waals surface area contributed by atoms with Crippen molar-refractivity contribution in [2.75, 3.05) is 13.2 Å². The predicted octanol–water partition coefficient (Wildman–Crippen LogP) is 2.77. The Labute approximate surface area is 105 Å². The van der Waals surface area contributed by atoms with Gasteiger partial charge in [-0.05, 0) is 24.1 Å². The Bertz CT molecular complexity index is 347. The zero-order chi connectivity index (χ0) is 13.6. The molecule has 0 aliphatic rings. The van der Waals surface area contributed by atoms with Gasteiger partial charge in [0, 0.05) is 18.9 Å². The van der Waals surface area contributed by atoms with Crippen molar-refractivity contribution in [3.63, 3.8) is 0 Å². The Kier molecular flexibility index (Phi) is 5.68. The van der Waals surface area contributed by atoms with Crippen LogP contribution in [0.4, 0.5) is 13.2 Å². The van der Waals surface area contributed by atoms with Crippen molar-refractivity contribution in [3.05, 3.63) is 24.0 Å². The monoisotopic (exact) mass is 264 g/mol. The maximum Gasteiger partial charge on any atom is 0.411 e. The molecular weight excluding hydrogens is 245 g/mol. The Morgan fingerprint density at radius 2 is 2.11 bits per heavy atom. The molecular formula is C12H19F3N2O. The Morgan fingerprint density at radius 3 is 2.72 bits per heavy atom. The second-order valence-corrected chi connectivity index (χ2v) is 4.65. The highest BCUT2D eigenvalue weighted by Gasteiger charge is 2.27. The lowest BCUT2D eigenvalue weighted by atomic mass is 10.2. The molecule has 0 saturated heterocycles. The highest BCUT2D eigenvalue weighted by Crippen LogP contribution is 2.14. The van der Waals surface area contributed by atoms with Crippen LogP contribution in [0.1, 0.15) is 19.4 Å². The minimum absolute atomic E-state index is 0.0797. The van der Waals surface area contributed by atoms with Gasteiger partial charge in [-0.2, -0.15) is 13.2 Å². The van der Waals surface area contributed by atoms with Crippen LogP contribution in [0.2, 0.25) is 0 Å². The average molecular weight is 264 g/mol. The van der Waals surface area contributed by atoms with Crippen LogP contribution in [0.5, 0.6) is 0 Å². The molecule has 104 valence electrons. The summed E-state index contributed by atoms with van der Waals surface area (Å²) < 4.78 is 41.7. The molecule has 3 nitrogen and oxygen atoms in total. The maximum absolute atomic E-state index is 11.9. The molecule has 0 atom stereocenters. The van der Waals surface area contributed by atoms with Gasteiger partial charge in [0.2, 0.25) is 0 Å².